The summed E-state index contributed by atoms with van der Waals surface area (Å²) in [5.74, 6) is -1.50. The van der Waals surface area contributed by atoms with E-state index in [9.17, 15) is 50.9 Å². The van der Waals surface area contributed by atoms with Crippen molar-refractivity contribution >= 4 is 79.8 Å². The number of carbonyl (C=O) groups excluding carboxylic acids is 3. The zero-order valence-electron chi connectivity index (χ0n) is 36.7. The average Bonchev–Trinajstić information content (AvgIpc) is 3.36. The molecule has 0 saturated carbocycles. The Kier molecular flexibility index (Phi) is 14.2. The number of phenolic OH excluding ortho intramolecular Hbond substituents is 2. The maximum atomic E-state index is 13.4. The van der Waals surface area contributed by atoms with Gasteiger partial charge in [0.05, 0.1) is 28.2 Å². The first kappa shape index (κ1) is 48.8. The van der Waals surface area contributed by atoms with Crippen molar-refractivity contribution in [3.05, 3.63) is 191 Å². The van der Waals surface area contributed by atoms with Crippen LogP contribution in [0.15, 0.2) is 183 Å². The van der Waals surface area contributed by atoms with Gasteiger partial charge in [-0.25, -0.2) is 10.3 Å². The van der Waals surface area contributed by atoms with Crippen LogP contribution in [-0.2, 0) is 28.6 Å². The van der Waals surface area contributed by atoms with Crippen LogP contribution >= 0.6 is 0 Å². The molecule has 0 aromatic heterocycles. The minimum atomic E-state index is -4.63. The predicted molar refractivity (Wildman–Crippen MR) is 253 cm³/mol. The molecule has 5 N–H and O–H groups in total. The van der Waals surface area contributed by atoms with Gasteiger partial charge >= 0.3 is 18.4 Å². The van der Waals surface area contributed by atoms with Gasteiger partial charge in [-0.2, -0.15) is 36.6 Å². The first-order valence-electron chi connectivity index (χ1n) is 21.1. The molecule has 0 spiro atoms. The summed E-state index contributed by atoms with van der Waals surface area (Å²) in [5, 5.41) is 48.3. The average molecular weight is 985 g/mol. The summed E-state index contributed by atoms with van der Waals surface area (Å²) in [6.07, 6.45) is -8.24. The smallest absolute Gasteiger partial charge is 0.416 e. The summed E-state index contributed by atoms with van der Waals surface area (Å²) in [7, 11) is 0. The maximum Gasteiger partial charge on any atom is 0.416 e. The van der Waals surface area contributed by atoms with Crippen LogP contribution in [-0.4, -0.2) is 34.3 Å². The normalized spacial score (nSPS) is 11.9. The van der Waals surface area contributed by atoms with Crippen LogP contribution in [0.5, 0.6) is 11.5 Å². The van der Waals surface area contributed by atoms with Gasteiger partial charge in [-0.1, -0.05) is 47.6 Å². The number of hydrogen-bond acceptors (Lipinski definition) is 13. The lowest BCUT2D eigenvalue weighted by molar-refractivity contribution is -0.138. The number of azo groups is 2. The molecule has 8 rings (SSSR count). The SMILES string of the molecule is O=C(NC(=O)c1ccc2c(N=Nc3ccc(C(=O)c4ccc(N=Nc5c(O)ccc6cc(CO/N=C/ONc7cccc(C(F)(F)F)c7)ccc56)cc4)cc3)c(O)ccc2c1)Nc1cccc(C(F)(F)F)c1. The second-order valence-electron chi connectivity index (χ2n) is 15.5. The third-order valence-corrected chi connectivity index (χ3v) is 10.5. The van der Waals surface area contributed by atoms with E-state index in [0.717, 1.165) is 36.7 Å². The summed E-state index contributed by atoms with van der Waals surface area (Å²) < 4.78 is 77.9. The largest absolute Gasteiger partial charge is 0.506 e. The number of nitrogens with zero attached hydrogens (tertiary/aromatic N) is 5. The number of imide groups is 1. The Morgan fingerprint density at radius 2 is 1.07 bits per heavy atom. The van der Waals surface area contributed by atoms with Crippen LogP contribution in [0.2, 0.25) is 0 Å². The van der Waals surface area contributed by atoms with Gasteiger partial charge in [0.25, 0.3) is 5.91 Å². The molecular weight excluding hydrogens is 951 g/mol. The van der Waals surface area contributed by atoms with Crippen LogP contribution in [0.3, 0.4) is 0 Å². The van der Waals surface area contributed by atoms with Crippen molar-refractivity contribution in [2.24, 2.45) is 25.6 Å². The first-order chi connectivity index (χ1) is 34.5. The highest BCUT2D eigenvalue weighted by Crippen LogP contribution is 2.39. The molecule has 0 aliphatic rings. The second kappa shape index (κ2) is 20.9. The van der Waals surface area contributed by atoms with Gasteiger partial charge in [-0.15, -0.1) is 10.2 Å². The van der Waals surface area contributed by atoms with Crippen LogP contribution < -0.4 is 16.1 Å². The van der Waals surface area contributed by atoms with Gasteiger partial charge < -0.3 is 25.2 Å². The summed E-state index contributed by atoms with van der Waals surface area (Å²) in [6.45, 7) is 0.0123. The quantitative estimate of drug-likeness (QED) is 0.0176. The summed E-state index contributed by atoms with van der Waals surface area (Å²) in [6, 6.07) is 35.3. The highest BCUT2D eigenvalue weighted by molar-refractivity contribution is 6.10. The van der Waals surface area contributed by atoms with Gasteiger partial charge in [-0.05, 0) is 132 Å². The monoisotopic (exact) mass is 984 g/mol. The van der Waals surface area contributed by atoms with Crippen LogP contribution in [0, 0.1) is 0 Å². The lowest BCUT2D eigenvalue weighted by Gasteiger charge is -2.11. The Morgan fingerprint density at radius 1 is 0.556 bits per heavy atom. The Hall–Kier alpha value is -9.66. The molecule has 3 amide bonds. The Morgan fingerprint density at radius 3 is 1.64 bits per heavy atom. The molecule has 0 bridgehead atoms. The molecule has 0 aliphatic carbocycles. The van der Waals surface area contributed by atoms with Crippen molar-refractivity contribution in [2.45, 2.75) is 19.0 Å². The van der Waals surface area contributed by atoms with E-state index in [1.165, 1.54) is 54.6 Å². The van der Waals surface area contributed by atoms with Crippen molar-refractivity contribution in [2.75, 3.05) is 10.8 Å². The van der Waals surface area contributed by atoms with Gasteiger partial charge in [0.2, 0.25) is 6.40 Å². The summed E-state index contributed by atoms with van der Waals surface area (Å²) >= 11 is 0. The minimum absolute atomic E-state index is 0.0123. The number of oxime groups is 1. The van der Waals surface area contributed by atoms with E-state index in [4.69, 9.17) is 9.68 Å². The lowest BCUT2D eigenvalue weighted by atomic mass is 10.0. The zero-order chi connectivity index (χ0) is 51.0. The van der Waals surface area contributed by atoms with Crippen molar-refractivity contribution in [1.29, 1.82) is 0 Å². The van der Waals surface area contributed by atoms with Crippen molar-refractivity contribution in [3.8, 4) is 11.5 Å². The number of ketones is 1. The number of aromatic hydroxyl groups is 2. The standard InChI is InChI=1S/C51H34F6N8O7/c52-50(53,54)35-3-1-5-39(25-35)59-49(70)60-48(69)34-12-20-42-33(24-34)14-22-44(67)46(42)64-62-38-17-10-31(11-18-38)47(68)30-8-15-37(16-9-30)61-63-45-41-19-7-29(23-32(41)13-21-43(45)66)27-71-58-28-72-65-40-6-2-4-36(26-40)51(55,56)57/h1-26,28,65-67H,27H2,(H2,59,60,69,70)/b58-28+,63-61?,64-62?. The number of phenols is 2. The number of urea groups is 1. The molecule has 0 saturated heterocycles. The molecule has 15 nitrogen and oxygen atoms in total. The predicted octanol–water partition coefficient (Wildman–Crippen LogP) is 14.0. The number of hydrogen-bond donors (Lipinski definition) is 5. The fourth-order valence-corrected chi connectivity index (χ4v) is 6.96. The van der Waals surface area contributed by atoms with Crippen LogP contribution in [0.1, 0.15) is 43.0 Å². The molecule has 362 valence electrons. The number of carbonyl (C=O) groups is 3. The summed E-state index contributed by atoms with van der Waals surface area (Å²) in [5.41, 5.74) is 2.81. The second-order valence-corrected chi connectivity index (χ2v) is 15.5. The van der Waals surface area contributed by atoms with Gasteiger partial charge in [-0.3, -0.25) is 14.9 Å². The van der Waals surface area contributed by atoms with Crippen LogP contribution in [0.4, 0.5) is 65.3 Å². The Labute approximate surface area is 402 Å². The first-order valence-corrected chi connectivity index (χ1v) is 21.1. The molecule has 0 atom stereocenters. The van der Waals surface area contributed by atoms with E-state index in [1.807, 2.05) is 0 Å². The number of amides is 3. The highest BCUT2D eigenvalue weighted by Gasteiger charge is 2.31. The number of anilines is 2. The number of halogens is 6. The molecule has 0 heterocycles. The van der Waals surface area contributed by atoms with E-state index in [2.05, 4.69) is 41.7 Å². The van der Waals surface area contributed by atoms with Gasteiger partial charge in [0.1, 0.15) is 29.5 Å². The Balaban J connectivity index is 0.852. The number of rotatable bonds is 14. The van der Waals surface area contributed by atoms with Crippen LogP contribution in [0.25, 0.3) is 21.5 Å². The maximum absolute atomic E-state index is 13.4. The topological polar surface area (TPSA) is 208 Å². The van der Waals surface area contributed by atoms with E-state index in [0.29, 0.717) is 49.6 Å². The number of nitrogens with one attached hydrogen (secondary N) is 3. The fourth-order valence-electron chi connectivity index (χ4n) is 6.96. The minimum Gasteiger partial charge on any atom is -0.506 e. The van der Waals surface area contributed by atoms with Crippen molar-refractivity contribution < 1.29 is 60.6 Å². The molecular formula is C51H34F6N8O7. The zero-order valence-corrected chi connectivity index (χ0v) is 36.7. The molecule has 8 aromatic carbocycles. The van der Waals surface area contributed by atoms with E-state index < -0.39 is 35.4 Å². The third-order valence-electron chi connectivity index (χ3n) is 10.5. The molecule has 72 heavy (non-hydrogen) atoms. The van der Waals surface area contributed by atoms with Gasteiger partial charge in [0.15, 0.2) is 5.78 Å². The van der Waals surface area contributed by atoms with E-state index in [1.54, 1.807) is 72.8 Å². The van der Waals surface area contributed by atoms with Gasteiger partial charge in [0, 0.05) is 33.2 Å². The highest BCUT2D eigenvalue weighted by atomic mass is 19.4. The van der Waals surface area contributed by atoms with Crippen molar-refractivity contribution in [1.82, 2.24) is 5.32 Å². The van der Waals surface area contributed by atoms with E-state index in [-0.39, 0.29) is 52.2 Å². The molecule has 8 aromatic rings. The molecule has 0 radical (unpaired) electrons. The number of fused-ring (bicyclic) bond motifs is 2. The van der Waals surface area contributed by atoms with E-state index >= 15 is 0 Å². The lowest BCUT2D eigenvalue weighted by Crippen LogP contribution is -2.34. The number of alkyl halides is 6. The number of benzene rings is 8. The molecule has 21 heteroatoms. The third kappa shape index (κ3) is 12.0. The molecule has 0 aliphatic heterocycles. The Bertz CT molecular complexity index is 3440. The van der Waals surface area contributed by atoms with Crippen molar-refractivity contribution in [3.63, 3.8) is 0 Å². The summed E-state index contributed by atoms with van der Waals surface area (Å²) in [4.78, 5) is 48.9. The molecule has 0 unspecified atom stereocenters. The fraction of sp³-hybridized carbons (Fsp3) is 0.0588. The molecule has 0 fully saturated rings.